The highest BCUT2D eigenvalue weighted by Gasteiger charge is 2.47. The maximum Gasteiger partial charge on any atom is 0.416 e. The number of carbonyl (C=O) groups is 2. The van der Waals surface area contributed by atoms with Gasteiger partial charge in [0, 0.05) is 29.3 Å². The van der Waals surface area contributed by atoms with Gasteiger partial charge in [-0.2, -0.15) is 13.2 Å². The Labute approximate surface area is 195 Å². The highest BCUT2D eigenvalue weighted by atomic mass is 19.4. The molecule has 2 atom stereocenters. The highest BCUT2D eigenvalue weighted by molar-refractivity contribution is 6.00. The van der Waals surface area contributed by atoms with Crippen LogP contribution < -0.4 is 10.1 Å². The number of methoxy groups -OCH3 is 1. The molecule has 1 aliphatic heterocycles. The molecule has 4 rings (SSSR count). The fraction of sp³-hybridized carbons (Fsp3) is 0.308. The molecule has 2 unspecified atom stereocenters. The first-order chi connectivity index (χ1) is 16.2. The molecule has 0 fully saturated rings. The van der Waals surface area contributed by atoms with E-state index in [2.05, 4.69) is 11.9 Å². The summed E-state index contributed by atoms with van der Waals surface area (Å²) < 4.78 is 52.4. The van der Waals surface area contributed by atoms with Crippen molar-refractivity contribution in [1.82, 2.24) is 5.32 Å². The second-order valence-corrected chi connectivity index (χ2v) is 8.32. The summed E-state index contributed by atoms with van der Waals surface area (Å²) in [5.41, 5.74) is 0.628. The van der Waals surface area contributed by atoms with Crippen molar-refractivity contribution < 1.29 is 32.2 Å². The summed E-state index contributed by atoms with van der Waals surface area (Å²) in [7, 11) is 1.53. The minimum Gasteiger partial charge on any atom is -0.497 e. The standard InChI is InChI=1S/C26H24F3NO4/c1-15-22(25(32)34-14-16-10-12-17(33-2)13-11-16)23(24-20(30-15)8-5-9-21(24)31)18-6-3-4-7-19(18)26(27,28)29/h3-4,6-7,10-13,22-23,30H,1,5,8-9,14H2,2H3. The number of rotatable bonds is 5. The molecule has 0 aromatic heterocycles. The van der Waals surface area contributed by atoms with Gasteiger partial charge in [0.15, 0.2) is 5.78 Å². The van der Waals surface area contributed by atoms with E-state index >= 15 is 0 Å². The second kappa shape index (κ2) is 9.37. The maximum atomic E-state index is 13.9. The van der Waals surface area contributed by atoms with Gasteiger partial charge in [0.25, 0.3) is 0 Å². The summed E-state index contributed by atoms with van der Waals surface area (Å²) in [6.45, 7) is 3.84. The quantitative estimate of drug-likeness (QED) is 0.601. The first-order valence-corrected chi connectivity index (χ1v) is 10.9. The van der Waals surface area contributed by atoms with E-state index in [1.54, 1.807) is 24.3 Å². The normalized spacial score (nSPS) is 20.5. The van der Waals surface area contributed by atoms with Crippen molar-refractivity contribution in [1.29, 1.82) is 0 Å². The highest BCUT2D eigenvalue weighted by Crippen LogP contribution is 2.47. The van der Waals surface area contributed by atoms with Gasteiger partial charge in [-0.3, -0.25) is 9.59 Å². The number of hydrogen-bond donors (Lipinski definition) is 1. The number of esters is 1. The van der Waals surface area contributed by atoms with Crippen LogP contribution in [0.15, 0.2) is 72.1 Å². The third-order valence-electron chi connectivity index (χ3n) is 6.18. The van der Waals surface area contributed by atoms with E-state index in [-0.39, 0.29) is 35.6 Å². The Kier molecular flexibility index (Phi) is 6.50. The number of Topliss-reactive ketones (excluding diaryl/α,β-unsaturated/α-hetero) is 1. The minimum atomic E-state index is -4.65. The van der Waals surface area contributed by atoms with Gasteiger partial charge in [-0.1, -0.05) is 36.9 Å². The summed E-state index contributed by atoms with van der Waals surface area (Å²) in [5.74, 6) is -2.71. The van der Waals surface area contributed by atoms with E-state index < -0.39 is 29.5 Å². The Morgan fingerprint density at radius 3 is 2.50 bits per heavy atom. The molecule has 1 N–H and O–H groups in total. The van der Waals surface area contributed by atoms with Gasteiger partial charge in [0.1, 0.15) is 18.3 Å². The molecule has 8 heteroatoms. The van der Waals surface area contributed by atoms with Gasteiger partial charge in [-0.05, 0) is 42.2 Å². The number of ether oxygens (including phenoxy) is 2. The van der Waals surface area contributed by atoms with Gasteiger partial charge in [0.2, 0.25) is 0 Å². The van der Waals surface area contributed by atoms with Crippen LogP contribution in [0.2, 0.25) is 0 Å². The second-order valence-electron chi connectivity index (χ2n) is 8.32. The number of nitrogens with one attached hydrogen (secondary N) is 1. The molecule has 0 saturated carbocycles. The fourth-order valence-electron chi connectivity index (χ4n) is 4.60. The summed E-state index contributed by atoms with van der Waals surface area (Å²) in [5, 5.41) is 3.02. The third kappa shape index (κ3) is 4.58. The molecule has 2 aromatic carbocycles. The van der Waals surface area contributed by atoms with E-state index in [0.717, 1.165) is 6.07 Å². The van der Waals surface area contributed by atoms with E-state index in [1.165, 1.54) is 25.3 Å². The van der Waals surface area contributed by atoms with E-state index in [0.29, 0.717) is 29.9 Å². The first kappa shape index (κ1) is 23.6. The lowest BCUT2D eigenvalue weighted by Crippen LogP contribution is -2.41. The van der Waals surface area contributed by atoms with Gasteiger partial charge in [0.05, 0.1) is 12.7 Å². The van der Waals surface area contributed by atoms with Crippen LogP contribution >= 0.6 is 0 Å². The molecule has 1 heterocycles. The Hall–Kier alpha value is -3.55. The average molecular weight is 471 g/mol. The maximum absolute atomic E-state index is 13.9. The molecule has 0 amide bonds. The van der Waals surface area contributed by atoms with Gasteiger partial charge in [-0.15, -0.1) is 0 Å². The molecule has 0 bridgehead atoms. The summed E-state index contributed by atoms with van der Waals surface area (Å²) in [6, 6.07) is 11.9. The van der Waals surface area contributed by atoms with Crippen LogP contribution in [0.1, 0.15) is 41.9 Å². The number of benzene rings is 2. The number of alkyl halides is 3. The largest absolute Gasteiger partial charge is 0.497 e. The number of hydrogen-bond acceptors (Lipinski definition) is 5. The Morgan fingerprint density at radius 1 is 1.12 bits per heavy atom. The number of halogens is 3. The van der Waals surface area contributed by atoms with E-state index in [4.69, 9.17) is 9.47 Å². The molecule has 2 aliphatic rings. The van der Waals surface area contributed by atoms with Crippen LogP contribution in [-0.4, -0.2) is 18.9 Å². The Balaban J connectivity index is 1.73. The smallest absolute Gasteiger partial charge is 0.416 e. The van der Waals surface area contributed by atoms with Crippen molar-refractivity contribution in [2.45, 2.75) is 38.0 Å². The minimum absolute atomic E-state index is 0.0832. The first-order valence-electron chi connectivity index (χ1n) is 10.9. The van der Waals surface area contributed by atoms with Crippen molar-refractivity contribution in [3.8, 4) is 5.75 Å². The molecule has 34 heavy (non-hydrogen) atoms. The lowest BCUT2D eigenvalue weighted by atomic mass is 9.70. The molecule has 0 spiro atoms. The number of carbonyl (C=O) groups excluding carboxylic acids is 2. The molecular formula is C26H24F3NO4. The van der Waals surface area contributed by atoms with Gasteiger partial charge in [-0.25, -0.2) is 0 Å². The van der Waals surface area contributed by atoms with Gasteiger partial charge < -0.3 is 14.8 Å². The molecular weight excluding hydrogens is 447 g/mol. The van der Waals surface area contributed by atoms with Gasteiger partial charge >= 0.3 is 12.1 Å². The van der Waals surface area contributed by atoms with Crippen LogP contribution in [0.3, 0.4) is 0 Å². The number of ketones is 1. The van der Waals surface area contributed by atoms with Crippen molar-refractivity contribution in [3.05, 3.63) is 88.8 Å². The lowest BCUT2D eigenvalue weighted by molar-refractivity contribution is -0.150. The Morgan fingerprint density at radius 2 is 1.82 bits per heavy atom. The average Bonchev–Trinajstić information content (AvgIpc) is 2.81. The molecule has 0 saturated heterocycles. The molecule has 2 aromatic rings. The van der Waals surface area contributed by atoms with Crippen LogP contribution in [0.4, 0.5) is 13.2 Å². The Bertz CT molecular complexity index is 1150. The predicted molar refractivity (Wildman–Crippen MR) is 119 cm³/mol. The van der Waals surface area contributed by atoms with Crippen LogP contribution in [-0.2, 0) is 27.1 Å². The van der Waals surface area contributed by atoms with Crippen LogP contribution in [0, 0.1) is 5.92 Å². The lowest BCUT2D eigenvalue weighted by Gasteiger charge is -2.39. The summed E-state index contributed by atoms with van der Waals surface area (Å²) >= 11 is 0. The number of allylic oxidation sites excluding steroid dienone is 2. The zero-order chi connectivity index (χ0) is 24.5. The van der Waals surface area contributed by atoms with Crippen LogP contribution in [0.5, 0.6) is 5.75 Å². The van der Waals surface area contributed by atoms with E-state index in [9.17, 15) is 22.8 Å². The SMILES string of the molecule is C=C1NC2=C(C(=O)CCC2)C(c2ccccc2C(F)(F)F)C1C(=O)OCc1ccc(OC)cc1. The molecule has 0 radical (unpaired) electrons. The van der Waals surface area contributed by atoms with Crippen molar-refractivity contribution in [2.75, 3.05) is 7.11 Å². The zero-order valence-electron chi connectivity index (χ0n) is 18.6. The zero-order valence-corrected chi connectivity index (χ0v) is 18.6. The van der Waals surface area contributed by atoms with Crippen molar-refractivity contribution in [2.24, 2.45) is 5.92 Å². The van der Waals surface area contributed by atoms with E-state index in [1.807, 2.05) is 0 Å². The summed E-state index contributed by atoms with van der Waals surface area (Å²) in [4.78, 5) is 26.2. The van der Waals surface area contributed by atoms with Crippen molar-refractivity contribution >= 4 is 11.8 Å². The van der Waals surface area contributed by atoms with Crippen molar-refractivity contribution in [3.63, 3.8) is 0 Å². The third-order valence-corrected chi connectivity index (χ3v) is 6.18. The predicted octanol–water partition coefficient (Wildman–Crippen LogP) is 5.28. The summed E-state index contributed by atoms with van der Waals surface area (Å²) in [6.07, 6.45) is -3.36. The molecule has 5 nitrogen and oxygen atoms in total. The monoisotopic (exact) mass is 471 g/mol. The van der Waals surface area contributed by atoms with Crippen LogP contribution in [0.25, 0.3) is 0 Å². The molecule has 1 aliphatic carbocycles. The molecule has 178 valence electrons. The topological polar surface area (TPSA) is 64.6 Å². The fourth-order valence-corrected chi connectivity index (χ4v) is 4.60.